The van der Waals surface area contributed by atoms with Gasteiger partial charge in [-0.3, -0.25) is 0 Å². The van der Waals surface area contributed by atoms with E-state index in [2.05, 4.69) is 31.3 Å². The highest BCUT2D eigenvalue weighted by molar-refractivity contribution is 6.30. The average Bonchev–Trinajstić information content (AvgIpc) is 2.31. The topological polar surface area (TPSA) is 21.3 Å². The number of hydrogen-bond acceptors (Lipinski definition) is 2. The Labute approximate surface area is 115 Å². The van der Waals surface area contributed by atoms with Crippen molar-refractivity contribution >= 4 is 11.6 Å². The van der Waals surface area contributed by atoms with E-state index in [9.17, 15) is 0 Å². The van der Waals surface area contributed by atoms with Crippen LogP contribution in [0.1, 0.15) is 25.8 Å². The van der Waals surface area contributed by atoms with Crippen molar-refractivity contribution in [3.05, 3.63) is 34.9 Å². The minimum Gasteiger partial charge on any atom is -0.381 e. The highest BCUT2D eigenvalue weighted by Crippen LogP contribution is 2.21. The first-order chi connectivity index (χ1) is 8.65. The van der Waals surface area contributed by atoms with Gasteiger partial charge in [-0.2, -0.15) is 0 Å². The first kappa shape index (κ1) is 13.9. The third-order valence-electron chi connectivity index (χ3n) is 3.41. The van der Waals surface area contributed by atoms with Gasteiger partial charge in [-0.25, -0.2) is 0 Å². The summed E-state index contributed by atoms with van der Waals surface area (Å²) < 4.78 is 5.62. The summed E-state index contributed by atoms with van der Waals surface area (Å²) in [7, 11) is 0. The van der Waals surface area contributed by atoms with Gasteiger partial charge in [-0.15, -0.1) is 0 Å². The number of rotatable bonds is 4. The van der Waals surface area contributed by atoms with Crippen molar-refractivity contribution in [2.75, 3.05) is 13.2 Å². The maximum atomic E-state index is 6.04. The van der Waals surface area contributed by atoms with E-state index in [-0.39, 0.29) is 0 Å². The molecule has 2 nitrogen and oxygen atoms in total. The number of nitrogens with one attached hydrogen (secondary N) is 1. The van der Waals surface area contributed by atoms with Gasteiger partial charge in [-0.05, 0) is 30.5 Å². The third kappa shape index (κ3) is 3.98. The third-order valence-corrected chi connectivity index (χ3v) is 3.64. The first-order valence-corrected chi connectivity index (χ1v) is 7.11. The normalized spacial score (nSPS) is 24.4. The number of benzene rings is 1. The van der Waals surface area contributed by atoms with Crippen molar-refractivity contribution in [3.8, 4) is 0 Å². The van der Waals surface area contributed by atoms with Crippen LogP contribution in [0.4, 0.5) is 0 Å². The summed E-state index contributed by atoms with van der Waals surface area (Å²) in [6.45, 7) is 6.12. The lowest BCUT2D eigenvalue weighted by molar-refractivity contribution is 0.0300. The second kappa shape index (κ2) is 6.55. The fourth-order valence-electron chi connectivity index (χ4n) is 2.61. The largest absolute Gasteiger partial charge is 0.381 e. The van der Waals surface area contributed by atoms with E-state index >= 15 is 0 Å². The monoisotopic (exact) mass is 267 g/mol. The fourth-order valence-corrected chi connectivity index (χ4v) is 2.83. The summed E-state index contributed by atoms with van der Waals surface area (Å²) in [6, 6.07) is 9.22. The highest BCUT2D eigenvalue weighted by Gasteiger charge is 2.26. The molecular formula is C15H22ClNO. The van der Waals surface area contributed by atoms with Crippen molar-refractivity contribution < 1.29 is 4.74 Å². The van der Waals surface area contributed by atoms with Crippen LogP contribution < -0.4 is 5.32 Å². The standard InChI is InChI=1S/C15H22ClNO/c1-11(2)17-15-6-7-18-10-13(15)8-12-4-3-5-14(16)9-12/h3-5,9,11,13,15,17H,6-8,10H2,1-2H3/t13-,15+/m0/s1. The molecule has 1 N–H and O–H groups in total. The van der Waals surface area contributed by atoms with E-state index in [1.54, 1.807) is 0 Å². The molecule has 0 aromatic heterocycles. The zero-order valence-electron chi connectivity index (χ0n) is 11.2. The minimum atomic E-state index is 0.523. The Morgan fingerprint density at radius 3 is 3.00 bits per heavy atom. The smallest absolute Gasteiger partial charge is 0.0512 e. The Hall–Kier alpha value is -0.570. The Kier molecular flexibility index (Phi) is 5.04. The van der Waals surface area contributed by atoms with Gasteiger partial charge in [0.25, 0.3) is 0 Å². The molecule has 18 heavy (non-hydrogen) atoms. The van der Waals surface area contributed by atoms with E-state index in [1.165, 1.54) is 5.56 Å². The van der Waals surface area contributed by atoms with Crippen LogP contribution in [-0.4, -0.2) is 25.3 Å². The molecule has 0 amide bonds. The van der Waals surface area contributed by atoms with Crippen LogP contribution in [0.15, 0.2) is 24.3 Å². The van der Waals surface area contributed by atoms with Crippen molar-refractivity contribution in [1.82, 2.24) is 5.32 Å². The molecule has 0 saturated carbocycles. The Morgan fingerprint density at radius 1 is 1.44 bits per heavy atom. The maximum absolute atomic E-state index is 6.04. The van der Waals surface area contributed by atoms with Crippen LogP contribution in [0.5, 0.6) is 0 Å². The van der Waals surface area contributed by atoms with E-state index in [0.29, 0.717) is 18.0 Å². The van der Waals surface area contributed by atoms with Crippen molar-refractivity contribution in [2.45, 2.75) is 38.8 Å². The zero-order valence-corrected chi connectivity index (χ0v) is 11.9. The van der Waals surface area contributed by atoms with Gasteiger partial charge < -0.3 is 10.1 Å². The van der Waals surface area contributed by atoms with Gasteiger partial charge in [-0.1, -0.05) is 37.6 Å². The average molecular weight is 268 g/mol. The maximum Gasteiger partial charge on any atom is 0.0512 e. The second-order valence-corrected chi connectivity index (χ2v) is 5.82. The molecule has 1 heterocycles. The van der Waals surface area contributed by atoms with Crippen LogP contribution in [0.3, 0.4) is 0 Å². The van der Waals surface area contributed by atoms with Crippen LogP contribution in [0.25, 0.3) is 0 Å². The van der Waals surface area contributed by atoms with Gasteiger partial charge in [0.2, 0.25) is 0 Å². The molecular weight excluding hydrogens is 246 g/mol. The lowest BCUT2D eigenvalue weighted by Crippen LogP contribution is -2.46. The molecule has 1 saturated heterocycles. The van der Waals surface area contributed by atoms with Crippen molar-refractivity contribution in [2.24, 2.45) is 5.92 Å². The van der Waals surface area contributed by atoms with Crippen molar-refractivity contribution in [1.29, 1.82) is 0 Å². The van der Waals surface area contributed by atoms with Gasteiger partial charge in [0.05, 0.1) is 6.61 Å². The molecule has 1 aromatic carbocycles. The molecule has 0 unspecified atom stereocenters. The molecule has 1 aromatic rings. The summed E-state index contributed by atoms with van der Waals surface area (Å²) in [4.78, 5) is 0. The van der Waals surface area contributed by atoms with Gasteiger partial charge in [0.1, 0.15) is 0 Å². The fraction of sp³-hybridized carbons (Fsp3) is 0.600. The minimum absolute atomic E-state index is 0.523. The Morgan fingerprint density at radius 2 is 2.28 bits per heavy atom. The summed E-state index contributed by atoms with van der Waals surface area (Å²) in [6.07, 6.45) is 2.13. The molecule has 3 heteroatoms. The molecule has 0 bridgehead atoms. The molecule has 1 fully saturated rings. The van der Waals surface area contributed by atoms with Gasteiger partial charge in [0, 0.05) is 29.6 Å². The molecule has 0 aliphatic carbocycles. The van der Waals surface area contributed by atoms with E-state index < -0.39 is 0 Å². The quantitative estimate of drug-likeness (QED) is 0.904. The van der Waals surface area contributed by atoms with Gasteiger partial charge >= 0.3 is 0 Å². The summed E-state index contributed by atoms with van der Waals surface area (Å²) in [5, 5.41) is 4.47. The molecule has 0 spiro atoms. The number of halogens is 1. The molecule has 0 radical (unpaired) electrons. The van der Waals surface area contributed by atoms with Gasteiger partial charge in [0.15, 0.2) is 0 Å². The predicted octanol–water partition coefficient (Wildman–Crippen LogP) is 3.29. The predicted molar refractivity (Wildman–Crippen MR) is 76.1 cm³/mol. The lowest BCUT2D eigenvalue weighted by Gasteiger charge is -2.33. The highest BCUT2D eigenvalue weighted by atomic mass is 35.5. The molecule has 1 aliphatic heterocycles. The van der Waals surface area contributed by atoms with E-state index in [0.717, 1.165) is 31.1 Å². The molecule has 2 atom stereocenters. The first-order valence-electron chi connectivity index (χ1n) is 6.73. The van der Waals surface area contributed by atoms with Crippen molar-refractivity contribution in [3.63, 3.8) is 0 Å². The summed E-state index contributed by atoms with van der Waals surface area (Å²) in [5.74, 6) is 0.541. The van der Waals surface area contributed by atoms with E-state index in [1.807, 2.05) is 12.1 Å². The van der Waals surface area contributed by atoms with Crippen LogP contribution in [-0.2, 0) is 11.2 Å². The molecule has 2 rings (SSSR count). The van der Waals surface area contributed by atoms with Crippen LogP contribution >= 0.6 is 11.6 Å². The van der Waals surface area contributed by atoms with Crippen LogP contribution in [0, 0.1) is 5.92 Å². The molecule has 1 aliphatic rings. The van der Waals surface area contributed by atoms with Crippen LogP contribution in [0.2, 0.25) is 5.02 Å². The Balaban J connectivity index is 2.00. The zero-order chi connectivity index (χ0) is 13.0. The molecule has 100 valence electrons. The number of hydrogen-bond donors (Lipinski definition) is 1. The number of ether oxygens (including phenoxy) is 1. The SMILES string of the molecule is CC(C)N[C@@H]1CCOC[C@@H]1Cc1cccc(Cl)c1. The summed E-state index contributed by atoms with van der Waals surface area (Å²) in [5.41, 5.74) is 1.30. The second-order valence-electron chi connectivity index (χ2n) is 5.39. The van der Waals surface area contributed by atoms with E-state index in [4.69, 9.17) is 16.3 Å². The summed E-state index contributed by atoms with van der Waals surface area (Å²) >= 11 is 6.04. The Bertz CT molecular complexity index is 381. The lowest BCUT2D eigenvalue weighted by atomic mass is 9.89.